The van der Waals surface area contributed by atoms with Crippen LogP contribution in [0.3, 0.4) is 0 Å². The molecule has 0 bridgehead atoms. The molecule has 0 aliphatic rings. The third-order valence-electron chi connectivity index (χ3n) is 4.56. The molecular formula is C20H11B. The topological polar surface area (TPSA) is 0 Å². The van der Waals surface area contributed by atoms with Gasteiger partial charge in [0.15, 0.2) is 0 Å². The first-order chi connectivity index (χ1) is 10.3. The van der Waals surface area contributed by atoms with Crippen molar-refractivity contribution in [3.8, 4) is 0 Å². The molecule has 21 heavy (non-hydrogen) atoms. The van der Waals surface area contributed by atoms with Gasteiger partial charge in [0.05, 0.1) is 0 Å². The van der Waals surface area contributed by atoms with Crippen molar-refractivity contribution < 1.29 is 0 Å². The highest BCUT2D eigenvalue weighted by Gasteiger charge is 2.12. The third-order valence-corrected chi connectivity index (χ3v) is 4.56. The predicted molar refractivity (Wildman–Crippen MR) is 93.0 cm³/mol. The van der Waals surface area contributed by atoms with Gasteiger partial charge in [-0.15, -0.1) is 0 Å². The van der Waals surface area contributed by atoms with Gasteiger partial charge in [0.2, 0.25) is 0 Å². The zero-order valence-electron chi connectivity index (χ0n) is 11.4. The Bertz CT molecular complexity index is 1090. The molecule has 0 aliphatic carbocycles. The molecule has 0 aliphatic heterocycles. The SMILES string of the molecule is [B]c1ccc2c3cccc4cccc(c5cccc1c52)c43. The van der Waals surface area contributed by atoms with Gasteiger partial charge in [0, 0.05) is 0 Å². The number of hydrogen-bond acceptors (Lipinski definition) is 0. The van der Waals surface area contributed by atoms with E-state index >= 15 is 0 Å². The maximum absolute atomic E-state index is 6.19. The Morgan fingerprint density at radius 2 is 1.00 bits per heavy atom. The zero-order valence-corrected chi connectivity index (χ0v) is 11.4. The van der Waals surface area contributed by atoms with Gasteiger partial charge in [-0.2, -0.15) is 0 Å². The summed E-state index contributed by atoms with van der Waals surface area (Å²) in [5.74, 6) is 0. The van der Waals surface area contributed by atoms with Gasteiger partial charge >= 0.3 is 0 Å². The van der Waals surface area contributed by atoms with Gasteiger partial charge in [-0.3, -0.25) is 0 Å². The summed E-state index contributed by atoms with van der Waals surface area (Å²) in [7, 11) is 6.19. The van der Waals surface area contributed by atoms with Crippen LogP contribution in [0.2, 0.25) is 0 Å². The molecule has 2 radical (unpaired) electrons. The molecule has 0 amide bonds. The highest BCUT2D eigenvalue weighted by atomic mass is 14.1. The van der Waals surface area contributed by atoms with E-state index in [-0.39, 0.29) is 0 Å². The highest BCUT2D eigenvalue weighted by Crippen LogP contribution is 2.39. The van der Waals surface area contributed by atoms with Gasteiger partial charge in [-0.1, -0.05) is 72.2 Å². The van der Waals surface area contributed by atoms with Crippen LogP contribution in [0.4, 0.5) is 0 Å². The van der Waals surface area contributed by atoms with Crippen molar-refractivity contribution in [1.82, 2.24) is 0 Å². The maximum Gasteiger partial charge on any atom is 0.114 e. The van der Waals surface area contributed by atoms with Crippen LogP contribution in [0.5, 0.6) is 0 Å². The first-order valence-electron chi connectivity index (χ1n) is 7.18. The van der Waals surface area contributed by atoms with E-state index in [0.29, 0.717) is 0 Å². The molecule has 94 valence electrons. The van der Waals surface area contributed by atoms with Crippen molar-refractivity contribution in [2.45, 2.75) is 0 Å². The summed E-state index contributed by atoms with van der Waals surface area (Å²) in [6.45, 7) is 0. The minimum atomic E-state index is 0.849. The molecule has 0 saturated heterocycles. The van der Waals surface area contributed by atoms with Gasteiger partial charge < -0.3 is 0 Å². The summed E-state index contributed by atoms with van der Waals surface area (Å²) in [5, 5.41) is 10.3. The molecule has 5 rings (SSSR count). The van der Waals surface area contributed by atoms with Gasteiger partial charge in [0.25, 0.3) is 0 Å². The summed E-state index contributed by atoms with van der Waals surface area (Å²) in [6.07, 6.45) is 0. The Morgan fingerprint density at radius 1 is 0.476 bits per heavy atom. The van der Waals surface area contributed by atoms with Crippen LogP contribution in [0.25, 0.3) is 43.1 Å². The van der Waals surface area contributed by atoms with Crippen molar-refractivity contribution in [2.24, 2.45) is 0 Å². The van der Waals surface area contributed by atoms with Crippen molar-refractivity contribution in [3.63, 3.8) is 0 Å². The highest BCUT2D eigenvalue weighted by molar-refractivity contribution is 6.43. The van der Waals surface area contributed by atoms with Crippen LogP contribution in [0, 0.1) is 0 Å². The molecule has 0 atom stereocenters. The van der Waals surface area contributed by atoms with Crippen LogP contribution in [0.1, 0.15) is 0 Å². The molecule has 5 aromatic rings. The van der Waals surface area contributed by atoms with Crippen LogP contribution in [0.15, 0.2) is 66.7 Å². The fourth-order valence-electron chi connectivity index (χ4n) is 3.67. The third kappa shape index (κ3) is 1.31. The van der Waals surface area contributed by atoms with E-state index in [4.69, 9.17) is 7.85 Å². The first-order valence-corrected chi connectivity index (χ1v) is 7.18. The van der Waals surface area contributed by atoms with Crippen LogP contribution < -0.4 is 5.46 Å². The molecule has 1 heteroatoms. The second-order valence-corrected chi connectivity index (χ2v) is 5.64. The van der Waals surface area contributed by atoms with Gasteiger partial charge in [-0.05, 0) is 43.1 Å². The first kappa shape index (κ1) is 11.2. The lowest BCUT2D eigenvalue weighted by molar-refractivity contribution is 1.80. The van der Waals surface area contributed by atoms with Crippen LogP contribution >= 0.6 is 0 Å². The standard InChI is InChI=1S/C20H11B/c21-18-11-10-16-14-7-2-5-12-4-1-6-13(19(12)14)15-8-3-9-17(18)20(15)16/h1-11H. The molecule has 0 fully saturated rings. The molecule has 0 unspecified atom stereocenters. The Morgan fingerprint density at radius 3 is 1.71 bits per heavy atom. The van der Waals surface area contributed by atoms with E-state index in [0.717, 1.165) is 10.8 Å². The number of rotatable bonds is 0. The second kappa shape index (κ2) is 3.76. The van der Waals surface area contributed by atoms with Crippen molar-refractivity contribution >= 4 is 56.4 Å². The van der Waals surface area contributed by atoms with E-state index < -0.39 is 0 Å². The summed E-state index contributed by atoms with van der Waals surface area (Å²) < 4.78 is 0. The number of hydrogen-bond donors (Lipinski definition) is 0. The van der Waals surface area contributed by atoms with Gasteiger partial charge in [-0.25, -0.2) is 0 Å². The summed E-state index contributed by atoms with van der Waals surface area (Å²) in [6, 6.07) is 23.7. The minimum absolute atomic E-state index is 0.849. The molecule has 0 aromatic heterocycles. The molecule has 0 spiro atoms. The smallest absolute Gasteiger partial charge is 0.0889 e. The largest absolute Gasteiger partial charge is 0.114 e. The van der Waals surface area contributed by atoms with Crippen molar-refractivity contribution in [3.05, 3.63) is 66.7 Å². The zero-order chi connectivity index (χ0) is 14.0. The fraction of sp³-hybridized carbons (Fsp3) is 0. The lowest BCUT2D eigenvalue weighted by atomic mass is 9.84. The van der Waals surface area contributed by atoms with E-state index in [1.54, 1.807) is 0 Å². The number of fused-ring (bicyclic) bond motifs is 2. The van der Waals surface area contributed by atoms with Crippen LogP contribution in [-0.4, -0.2) is 7.85 Å². The Labute approximate surface area is 123 Å². The summed E-state index contributed by atoms with van der Waals surface area (Å²) in [4.78, 5) is 0. The molecule has 0 N–H and O–H groups in total. The molecule has 0 heterocycles. The maximum atomic E-state index is 6.19. The summed E-state index contributed by atoms with van der Waals surface area (Å²) in [5.41, 5.74) is 0.849. The monoisotopic (exact) mass is 262 g/mol. The lowest BCUT2D eigenvalue weighted by Gasteiger charge is -2.15. The quantitative estimate of drug-likeness (QED) is 0.218. The normalized spacial score (nSPS) is 12.0. The predicted octanol–water partition coefficient (Wildman–Crippen LogP) is 4.53. The van der Waals surface area contributed by atoms with E-state index in [2.05, 4.69) is 60.7 Å². The molecule has 0 saturated carbocycles. The molecule has 5 aromatic carbocycles. The Balaban J connectivity index is 2.29. The van der Waals surface area contributed by atoms with E-state index in [1.165, 1.54) is 37.7 Å². The van der Waals surface area contributed by atoms with Crippen molar-refractivity contribution in [2.75, 3.05) is 0 Å². The molecular weight excluding hydrogens is 251 g/mol. The Hall–Kier alpha value is -2.54. The van der Waals surface area contributed by atoms with Crippen LogP contribution in [-0.2, 0) is 0 Å². The summed E-state index contributed by atoms with van der Waals surface area (Å²) >= 11 is 0. The minimum Gasteiger partial charge on any atom is -0.0889 e. The van der Waals surface area contributed by atoms with E-state index in [1.807, 2.05) is 6.07 Å². The molecule has 0 nitrogen and oxygen atoms in total. The van der Waals surface area contributed by atoms with Crippen molar-refractivity contribution in [1.29, 1.82) is 0 Å². The van der Waals surface area contributed by atoms with Gasteiger partial charge in [0.1, 0.15) is 7.85 Å². The fourth-order valence-corrected chi connectivity index (χ4v) is 3.67. The second-order valence-electron chi connectivity index (χ2n) is 5.64. The Kier molecular flexibility index (Phi) is 2.00. The lowest BCUT2D eigenvalue weighted by Crippen LogP contribution is -2.03. The average molecular weight is 262 g/mol. The average Bonchev–Trinajstić information content (AvgIpc) is 2.54. The van der Waals surface area contributed by atoms with E-state index in [9.17, 15) is 0 Å². The number of benzene rings is 5.